The summed E-state index contributed by atoms with van der Waals surface area (Å²) in [5.41, 5.74) is 5.72. The lowest BCUT2D eigenvalue weighted by atomic mass is 9.74. The normalized spacial score (nSPS) is 29.9. The molecule has 1 aliphatic carbocycles. The van der Waals surface area contributed by atoms with Gasteiger partial charge in [0, 0.05) is 11.8 Å². The van der Waals surface area contributed by atoms with E-state index < -0.39 is 0 Å². The lowest BCUT2D eigenvalue weighted by Crippen LogP contribution is -2.34. The quantitative estimate of drug-likeness (QED) is 0.752. The zero-order valence-corrected chi connectivity index (χ0v) is 9.46. The first-order valence-electron chi connectivity index (χ1n) is 5.94. The Morgan fingerprint density at radius 1 is 1.43 bits per heavy atom. The van der Waals surface area contributed by atoms with E-state index in [1.165, 1.54) is 12.8 Å². The minimum atomic E-state index is 0.229. The second-order valence-corrected chi connectivity index (χ2v) is 4.60. The summed E-state index contributed by atoms with van der Waals surface area (Å²) in [4.78, 5) is 12.0. The predicted octanol–water partition coefficient (Wildman–Crippen LogP) is 2.37. The number of hydrogen-bond donors (Lipinski definition) is 1. The number of rotatable bonds is 4. The molecule has 14 heavy (non-hydrogen) atoms. The molecule has 1 rings (SSSR count). The SMILES string of the molecule is CCC(C)C(=O)C1CCCCC1CN. The van der Waals surface area contributed by atoms with Gasteiger partial charge in [0.1, 0.15) is 5.78 Å². The first-order valence-corrected chi connectivity index (χ1v) is 5.94. The van der Waals surface area contributed by atoms with Gasteiger partial charge in [-0.05, 0) is 31.7 Å². The number of carbonyl (C=O) groups excluding carboxylic acids is 1. The fourth-order valence-corrected chi connectivity index (χ4v) is 2.43. The van der Waals surface area contributed by atoms with Crippen LogP contribution >= 0.6 is 0 Å². The second-order valence-electron chi connectivity index (χ2n) is 4.60. The van der Waals surface area contributed by atoms with Gasteiger partial charge < -0.3 is 5.73 Å². The molecule has 0 aliphatic heterocycles. The molecular formula is C12H23NO. The largest absolute Gasteiger partial charge is 0.330 e. The van der Waals surface area contributed by atoms with Gasteiger partial charge in [0.25, 0.3) is 0 Å². The molecule has 0 aromatic heterocycles. The number of hydrogen-bond acceptors (Lipinski definition) is 2. The molecule has 1 fully saturated rings. The van der Waals surface area contributed by atoms with Gasteiger partial charge in [-0.25, -0.2) is 0 Å². The molecule has 0 spiro atoms. The Balaban J connectivity index is 2.58. The highest BCUT2D eigenvalue weighted by Gasteiger charge is 2.31. The molecule has 0 saturated heterocycles. The number of ketones is 1. The number of carbonyl (C=O) groups is 1. The van der Waals surface area contributed by atoms with Gasteiger partial charge in [0.2, 0.25) is 0 Å². The summed E-state index contributed by atoms with van der Waals surface area (Å²) >= 11 is 0. The van der Waals surface area contributed by atoms with Gasteiger partial charge >= 0.3 is 0 Å². The minimum absolute atomic E-state index is 0.229. The van der Waals surface area contributed by atoms with Gasteiger partial charge in [0.05, 0.1) is 0 Å². The van der Waals surface area contributed by atoms with E-state index in [0.717, 1.165) is 19.3 Å². The third-order valence-electron chi connectivity index (χ3n) is 3.68. The molecule has 2 heteroatoms. The highest BCUT2D eigenvalue weighted by Crippen LogP contribution is 2.32. The Morgan fingerprint density at radius 2 is 2.07 bits per heavy atom. The molecule has 0 bridgehead atoms. The van der Waals surface area contributed by atoms with Crippen LogP contribution in [0, 0.1) is 17.8 Å². The molecule has 1 saturated carbocycles. The van der Waals surface area contributed by atoms with Crippen LogP contribution in [-0.4, -0.2) is 12.3 Å². The van der Waals surface area contributed by atoms with Crippen molar-refractivity contribution < 1.29 is 4.79 Å². The van der Waals surface area contributed by atoms with E-state index in [9.17, 15) is 4.79 Å². The molecule has 82 valence electrons. The zero-order chi connectivity index (χ0) is 10.6. The van der Waals surface area contributed by atoms with Gasteiger partial charge in [-0.2, -0.15) is 0 Å². The Labute approximate surface area is 87.2 Å². The van der Waals surface area contributed by atoms with E-state index in [0.29, 0.717) is 18.2 Å². The van der Waals surface area contributed by atoms with E-state index in [-0.39, 0.29) is 11.8 Å². The predicted molar refractivity (Wildman–Crippen MR) is 59.0 cm³/mol. The van der Waals surface area contributed by atoms with Crippen LogP contribution in [0.5, 0.6) is 0 Å². The molecule has 0 aromatic rings. The Bertz CT molecular complexity index is 191. The van der Waals surface area contributed by atoms with Crippen LogP contribution in [0.25, 0.3) is 0 Å². The van der Waals surface area contributed by atoms with Crippen molar-refractivity contribution in [1.82, 2.24) is 0 Å². The lowest BCUT2D eigenvalue weighted by molar-refractivity contribution is -0.129. The van der Waals surface area contributed by atoms with Crippen molar-refractivity contribution in [3.63, 3.8) is 0 Å². The van der Waals surface area contributed by atoms with Crippen molar-refractivity contribution in [3.8, 4) is 0 Å². The van der Waals surface area contributed by atoms with Crippen molar-refractivity contribution in [1.29, 1.82) is 0 Å². The van der Waals surface area contributed by atoms with Crippen molar-refractivity contribution in [2.75, 3.05) is 6.54 Å². The van der Waals surface area contributed by atoms with E-state index in [1.807, 2.05) is 6.92 Å². The molecule has 1 aliphatic rings. The summed E-state index contributed by atoms with van der Waals surface area (Å²) in [7, 11) is 0. The standard InChI is InChI=1S/C12H23NO/c1-3-9(2)12(14)11-7-5-4-6-10(11)8-13/h9-11H,3-8,13H2,1-2H3. The second kappa shape index (κ2) is 5.50. The summed E-state index contributed by atoms with van der Waals surface area (Å²) in [5.74, 6) is 1.42. The van der Waals surface area contributed by atoms with Gasteiger partial charge in [-0.15, -0.1) is 0 Å². The van der Waals surface area contributed by atoms with E-state index in [2.05, 4.69) is 6.92 Å². The highest BCUT2D eigenvalue weighted by atomic mass is 16.1. The molecule has 0 heterocycles. The van der Waals surface area contributed by atoms with Crippen molar-refractivity contribution in [2.24, 2.45) is 23.5 Å². The highest BCUT2D eigenvalue weighted by molar-refractivity contribution is 5.83. The van der Waals surface area contributed by atoms with Crippen LogP contribution in [0.1, 0.15) is 46.0 Å². The first-order chi connectivity index (χ1) is 6.70. The van der Waals surface area contributed by atoms with Crippen LogP contribution in [0.15, 0.2) is 0 Å². The van der Waals surface area contributed by atoms with Gasteiger partial charge in [0.15, 0.2) is 0 Å². The Kier molecular flexibility index (Phi) is 4.59. The van der Waals surface area contributed by atoms with E-state index in [1.54, 1.807) is 0 Å². The van der Waals surface area contributed by atoms with Crippen molar-refractivity contribution >= 4 is 5.78 Å². The summed E-state index contributed by atoms with van der Waals surface area (Å²) < 4.78 is 0. The van der Waals surface area contributed by atoms with Crippen LogP contribution in [0.3, 0.4) is 0 Å². The first kappa shape index (κ1) is 11.7. The molecule has 3 atom stereocenters. The summed E-state index contributed by atoms with van der Waals surface area (Å²) in [6, 6.07) is 0. The molecular weight excluding hydrogens is 174 g/mol. The number of nitrogens with two attached hydrogens (primary N) is 1. The fourth-order valence-electron chi connectivity index (χ4n) is 2.43. The topological polar surface area (TPSA) is 43.1 Å². The van der Waals surface area contributed by atoms with Crippen LogP contribution < -0.4 is 5.73 Å². The molecule has 2 N–H and O–H groups in total. The third-order valence-corrected chi connectivity index (χ3v) is 3.68. The van der Waals surface area contributed by atoms with E-state index >= 15 is 0 Å². The maximum absolute atomic E-state index is 12.0. The smallest absolute Gasteiger partial charge is 0.139 e. The van der Waals surface area contributed by atoms with Crippen LogP contribution in [0.4, 0.5) is 0 Å². The summed E-state index contributed by atoms with van der Waals surface area (Å²) in [6.07, 6.45) is 5.66. The monoisotopic (exact) mass is 197 g/mol. The Morgan fingerprint density at radius 3 is 2.64 bits per heavy atom. The third kappa shape index (κ3) is 2.57. The molecule has 3 unspecified atom stereocenters. The van der Waals surface area contributed by atoms with Crippen LogP contribution in [-0.2, 0) is 4.79 Å². The summed E-state index contributed by atoms with van der Waals surface area (Å²) in [6.45, 7) is 4.82. The van der Waals surface area contributed by atoms with E-state index in [4.69, 9.17) is 5.73 Å². The molecule has 2 nitrogen and oxygen atoms in total. The molecule has 0 radical (unpaired) electrons. The maximum Gasteiger partial charge on any atom is 0.139 e. The van der Waals surface area contributed by atoms with Gasteiger partial charge in [-0.3, -0.25) is 4.79 Å². The maximum atomic E-state index is 12.0. The minimum Gasteiger partial charge on any atom is -0.330 e. The summed E-state index contributed by atoms with van der Waals surface area (Å²) in [5, 5.41) is 0. The Hall–Kier alpha value is -0.370. The average molecular weight is 197 g/mol. The average Bonchev–Trinajstić information content (AvgIpc) is 2.26. The molecule has 0 aromatic carbocycles. The van der Waals surface area contributed by atoms with Crippen molar-refractivity contribution in [2.45, 2.75) is 46.0 Å². The zero-order valence-electron chi connectivity index (χ0n) is 9.46. The van der Waals surface area contributed by atoms with Crippen molar-refractivity contribution in [3.05, 3.63) is 0 Å². The number of Topliss-reactive ketones (excluding diaryl/α,β-unsaturated/α-hetero) is 1. The molecule has 0 amide bonds. The lowest BCUT2D eigenvalue weighted by Gasteiger charge is -2.31. The van der Waals surface area contributed by atoms with Gasteiger partial charge in [-0.1, -0.05) is 26.7 Å². The fraction of sp³-hybridized carbons (Fsp3) is 0.917. The van der Waals surface area contributed by atoms with Crippen LogP contribution in [0.2, 0.25) is 0 Å².